The van der Waals surface area contributed by atoms with Crippen molar-refractivity contribution in [1.82, 2.24) is 9.80 Å². The molecule has 0 aromatic carbocycles. The quantitative estimate of drug-likeness (QED) is 0.702. The fourth-order valence-corrected chi connectivity index (χ4v) is 2.52. The highest BCUT2D eigenvalue weighted by atomic mass is 16.6. The molecule has 20 heavy (non-hydrogen) atoms. The van der Waals surface area contributed by atoms with Crippen molar-refractivity contribution in [2.75, 3.05) is 39.3 Å². The molecule has 4 nitrogen and oxygen atoms in total. The lowest BCUT2D eigenvalue weighted by Gasteiger charge is -2.35. The summed E-state index contributed by atoms with van der Waals surface area (Å²) in [6, 6.07) is 0. The van der Waals surface area contributed by atoms with Gasteiger partial charge in [0.25, 0.3) is 0 Å². The molecule has 1 fully saturated rings. The molecule has 0 aliphatic carbocycles. The smallest absolute Gasteiger partial charge is 0.409 e. The van der Waals surface area contributed by atoms with E-state index in [4.69, 9.17) is 4.74 Å². The molecule has 0 N–H and O–H groups in total. The van der Waals surface area contributed by atoms with E-state index in [1.54, 1.807) is 0 Å². The van der Waals surface area contributed by atoms with Gasteiger partial charge < -0.3 is 9.64 Å². The Kier molecular flexibility index (Phi) is 7.67. The molecule has 1 saturated heterocycles. The minimum absolute atomic E-state index is 0.163. The van der Waals surface area contributed by atoms with Crippen LogP contribution < -0.4 is 0 Å². The Hall–Kier alpha value is -1.03. The van der Waals surface area contributed by atoms with Crippen molar-refractivity contribution in [3.8, 4) is 0 Å². The van der Waals surface area contributed by atoms with E-state index in [0.717, 1.165) is 32.7 Å². The number of carbonyl (C=O) groups is 1. The number of carbonyl (C=O) groups excluding carboxylic acids is 1. The topological polar surface area (TPSA) is 32.8 Å². The molecule has 1 heterocycles. The van der Waals surface area contributed by atoms with Crippen LogP contribution >= 0.6 is 0 Å². The monoisotopic (exact) mass is 282 g/mol. The highest BCUT2D eigenvalue weighted by molar-refractivity contribution is 5.67. The molecule has 4 heteroatoms. The van der Waals surface area contributed by atoms with Gasteiger partial charge in [0.15, 0.2) is 0 Å². The van der Waals surface area contributed by atoms with Gasteiger partial charge in [-0.3, -0.25) is 4.90 Å². The number of amides is 1. The Morgan fingerprint density at radius 2 is 1.90 bits per heavy atom. The van der Waals surface area contributed by atoms with Gasteiger partial charge in [-0.15, -0.1) is 0 Å². The molecule has 1 atom stereocenters. The van der Waals surface area contributed by atoms with Crippen LogP contribution in [-0.4, -0.2) is 55.2 Å². The minimum atomic E-state index is -0.163. The second-order valence-corrected chi connectivity index (χ2v) is 5.95. The molecule has 0 saturated carbocycles. The van der Waals surface area contributed by atoms with Crippen LogP contribution in [0.15, 0.2) is 11.6 Å². The van der Waals surface area contributed by atoms with Crippen molar-refractivity contribution in [2.45, 2.75) is 40.5 Å². The Morgan fingerprint density at radius 3 is 2.45 bits per heavy atom. The SMILES string of the molecule is CCOC(=O)N1CCN(C[C@@H](C)CCC=C(C)C)CC1. The van der Waals surface area contributed by atoms with Crippen molar-refractivity contribution in [3.63, 3.8) is 0 Å². The molecule has 116 valence electrons. The van der Waals surface area contributed by atoms with E-state index in [0.29, 0.717) is 12.5 Å². The average molecular weight is 282 g/mol. The third kappa shape index (κ3) is 6.42. The maximum Gasteiger partial charge on any atom is 0.409 e. The van der Waals surface area contributed by atoms with Gasteiger partial charge in [0.05, 0.1) is 6.61 Å². The summed E-state index contributed by atoms with van der Waals surface area (Å²) in [7, 11) is 0. The van der Waals surface area contributed by atoms with Gasteiger partial charge >= 0.3 is 6.09 Å². The third-order valence-electron chi connectivity index (χ3n) is 3.68. The van der Waals surface area contributed by atoms with Crippen LogP contribution in [0.5, 0.6) is 0 Å². The van der Waals surface area contributed by atoms with Crippen molar-refractivity contribution >= 4 is 6.09 Å². The molecule has 1 aliphatic rings. The maximum atomic E-state index is 11.6. The van der Waals surface area contributed by atoms with E-state index in [9.17, 15) is 4.79 Å². The normalized spacial score (nSPS) is 17.7. The number of hydrogen-bond acceptors (Lipinski definition) is 3. The molecule has 1 amide bonds. The van der Waals surface area contributed by atoms with Gasteiger partial charge in [-0.2, -0.15) is 0 Å². The first-order chi connectivity index (χ1) is 9.52. The molecular formula is C16H30N2O2. The van der Waals surface area contributed by atoms with Crippen LogP contribution in [0.4, 0.5) is 4.79 Å². The van der Waals surface area contributed by atoms with Gasteiger partial charge in [-0.25, -0.2) is 4.79 Å². The maximum absolute atomic E-state index is 11.6. The predicted molar refractivity (Wildman–Crippen MR) is 82.9 cm³/mol. The summed E-state index contributed by atoms with van der Waals surface area (Å²) in [5.41, 5.74) is 1.40. The van der Waals surface area contributed by atoms with Crippen molar-refractivity contribution in [3.05, 3.63) is 11.6 Å². The van der Waals surface area contributed by atoms with Crippen molar-refractivity contribution in [1.29, 1.82) is 0 Å². The van der Waals surface area contributed by atoms with Crippen LogP contribution in [0.2, 0.25) is 0 Å². The molecule has 0 aromatic rings. The lowest BCUT2D eigenvalue weighted by molar-refractivity contribution is 0.0756. The zero-order chi connectivity index (χ0) is 15.0. The van der Waals surface area contributed by atoms with Crippen molar-refractivity contribution in [2.24, 2.45) is 5.92 Å². The first-order valence-corrected chi connectivity index (χ1v) is 7.80. The summed E-state index contributed by atoms with van der Waals surface area (Å²) in [4.78, 5) is 15.9. The molecule has 0 bridgehead atoms. The first-order valence-electron chi connectivity index (χ1n) is 7.80. The summed E-state index contributed by atoms with van der Waals surface area (Å²) in [6.45, 7) is 13.6. The summed E-state index contributed by atoms with van der Waals surface area (Å²) >= 11 is 0. The lowest BCUT2D eigenvalue weighted by Crippen LogP contribution is -2.49. The van der Waals surface area contributed by atoms with E-state index in [1.165, 1.54) is 18.4 Å². The van der Waals surface area contributed by atoms with Crippen LogP contribution in [0.25, 0.3) is 0 Å². The van der Waals surface area contributed by atoms with Crippen LogP contribution in [-0.2, 0) is 4.74 Å². The van der Waals surface area contributed by atoms with Crippen molar-refractivity contribution < 1.29 is 9.53 Å². The van der Waals surface area contributed by atoms with Gasteiger partial charge in [0.1, 0.15) is 0 Å². The minimum Gasteiger partial charge on any atom is -0.450 e. The van der Waals surface area contributed by atoms with Gasteiger partial charge in [-0.05, 0) is 39.5 Å². The van der Waals surface area contributed by atoms with Gasteiger partial charge in [0, 0.05) is 32.7 Å². The molecule has 0 aromatic heterocycles. The Bertz CT molecular complexity index is 316. The molecule has 1 aliphatic heterocycles. The Labute approximate surface area is 123 Å². The molecule has 0 radical (unpaired) electrons. The molecular weight excluding hydrogens is 252 g/mol. The third-order valence-corrected chi connectivity index (χ3v) is 3.68. The second-order valence-electron chi connectivity index (χ2n) is 5.95. The average Bonchev–Trinajstić information content (AvgIpc) is 2.39. The largest absolute Gasteiger partial charge is 0.450 e. The zero-order valence-electron chi connectivity index (χ0n) is 13.5. The molecule has 0 spiro atoms. The highest BCUT2D eigenvalue weighted by Crippen LogP contribution is 2.12. The number of piperazine rings is 1. The fourth-order valence-electron chi connectivity index (χ4n) is 2.52. The number of rotatable bonds is 6. The first kappa shape index (κ1) is 17.0. The van der Waals surface area contributed by atoms with E-state index in [2.05, 4.69) is 31.7 Å². The summed E-state index contributed by atoms with van der Waals surface area (Å²) in [5, 5.41) is 0. The van der Waals surface area contributed by atoms with Gasteiger partial charge in [0.2, 0.25) is 0 Å². The van der Waals surface area contributed by atoms with E-state index >= 15 is 0 Å². The van der Waals surface area contributed by atoms with Crippen LogP contribution in [0.1, 0.15) is 40.5 Å². The molecule has 0 unspecified atom stereocenters. The zero-order valence-corrected chi connectivity index (χ0v) is 13.5. The number of ether oxygens (including phenoxy) is 1. The van der Waals surface area contributed by atoms with Gasteiger partial charge in [-0.1, -0.05) is 18.6 Å². The number of allylic oxidation sites excluding steroid dienone is 2. The van der Waals surface area contributed by atoms with E-state index in [-0.39, 0.29) is 6.09 Å². The number of hydrogen-bond donors (Lipinski definition) is 0. The summed E-state index contributed by atoms with van der Waals surface area (Å²) < 4.78 is 5.04. The van der Waals surface area contributed by atoms with Crippen LogP contribution in [0, 0.1) is 5.92 Å². The summed E-state index contributed by atoms with van der Waals surface area (Å²) in [6.07, 6.45) is 4.56. The lowest BCUT2D eigenvalue weighted by atomic mass is 10.0. The fraction of sp³-hybridized carbons (Fsp3) is 0.812. The standard InChI is InChI=1S/C16H30N2O2/c1-5-20-16(19)18-11-9-17(10-12-18)13-15(4)8-6-7-14(2)3/h7,15H,5-6,8-13H2,1-4H3/t15-/m0/s1. The van der Waals surface area contributed by atoms with Crippen LogP contribution in [0.3, 0.4) is 0 Å². The summed E-state index contributed by atoms with van der Waals surface area (Å²) in [5.74, 6) is 0.708. The van der Waals surface area contributed by atoms with E-state index in [1.807, 2.05) is 11.8 Å². The highest BCUT2D eigenvalue weighted by Gasteiger charge is 2.22. The van der Waals surface area contributed by atoms with E-state index < -0.39 is 0 Å². The predicted octanol–water partition coefficient (Wildman–Crippen LogP) is 3.14. The number of nitrogens with zero attached hydrogens (tertiary/aromatic N) is 2. The Morgan fingerprint density at radius 1 is 1.25 bits per heavy atom. The molecule has 1 rings (SSSR count). The second kappa shape index (κ2) is 9.01. The Balaban J connectivity index is 2.21.